The lowest BCUT2D eigenvalue weighted by atomic mass is 9.99. The van der Waals surface area contributed by atoms with Gasteiger partial charge >= 0.3 is 0 Å². The molecule has 5 rings (SSSR count). The topological polar surface area (TPSA) is 161 Å². The molecule has 1 atom stereocenters. The molecule has 228 valence electrons. The number of halogens is 2. The van der Waals surface area contributed by atoms with Crippen molar-refractivity contribution in [3.63, 3.8) is 0 Å². The molecule has 5 aromatic rings. The molecule has 2 heterocycles. The second-order valence-electron chi connectivity index (χ2n) is 10.2. The third-order valence-electron chi connectivity index (χ3n) is 6.96. The molecular weight excluding hydrogens is 594 g/mol. The molecular formula is C31H28F2N4O6S. The maximum atomic E-state index is 15.3. The smallest absolute Gasteiger partial charge is 0.251 e. The first-order chi connectivity index (χ1) is 21.0. The first-order valence-corrected chi connectivity index (χ1v) is 15.3. The van der Waals surface area contributed by atoms with Crippen molar-refractivity contribution in [1.82, 2.24) is 15.3 Å². The van der Waals surface area contributed by atoms with Crippen molar-refractivity contribution in [3.8, 4) is 11.1 Å². The van der Waals surface area contributed by atoms with E-state index in [-0.39, 0.29) is 24.3 Å². The number of hydrogen-bond acceptors (Lipinski definition) is 7. The van der Waals surface area contributed by atoms with Crippen LogP contribution in [0.3, 0.4) is 0 Å². The third kappa shape index (κ3) is 6.30. The Morgan fingerprint density at radius 1 is 0.977 bits per heavy atom. The van der Waals surface area contributed by atoms with Crippen LogP contribution in [0.5, 0.6) is 0 Å². The quantitative estimate of drug-likeness (QED) is 0.138. The van der Waals surface area contributed by atoms with E-state index in [0.29, 0.717) is 33.1 Å². The molecule has 0 aliphatic heterocycles. The minimum Gasteiger partial charge on any atom is -0.394 e. The predicted octanol–water partition coefficient (Wildman–Crippen LogP) is 4.13. The van der Waals surface area contributed by atoms with E-state index in [4.69, 9.17) is 5.11 Å². The summed E-state index contributed by atoms with van der Waals surface area (Å²) in [5.74, 6) is -4.08. The van der Waals surface area contributed by atoms with Gasteiger partial charge in [0.2, 0.25) is 10.0 Å². The van der Waals surface area contributed by atoms with E-state index in [2.05, 4.69) is 20.0 Å². The first kappa shape index (κ1) is 30.7. The zero-order chi connectivity index (χ0) is 31.6. The summed E-state index contributed by atoms with van der Waals surface area (Å²) in [6.45, 7) is 1.08. The molecule has 0 radical (unpaired) electrons. The van der Waals surface area contributed by atoms with E-state index in [9.17, 15) is 27.5 Å². The van der Waals surface area contributed by atoms with Gasteiger partial charge in [0.15, 0.2) is 11.6 Å². The molecule has 0 aliphatic carbocycles. The van der Waals surface area contributed by atoms with Crippen LogP contribution in [0.15, 0.2) is 66.9 Å². The number of pyridine rings is 1. The molecule has 0 fully saturated rings. The maximum absolute atomic E-state index is 15.3. The van der Waals surface area contributed by atoms with Crippen molar-refractivity contribution in [2.75, 3.05) is 23.6 Å². The largest absolute Gasteiger partial charge is 0.394 e. The van der Waals surface area contributed by atoms with Crippen molar-refractivity contribution in [1.29, 1.82) is 0 Å². The Kier molecular flexibility index (Phi) is 8.72. The number of hydrogen-bond donors (Lipinski definition) is 5. The fourth-order valence-electron chi connectivity index (χ4n) is 4.73. The number of ketones is 1. The van der Waals surface area contributed by atoms with Crippen LogP contribution in [0.2, 0.25) is 0 Å². The van der Waals surface area contributed by atoms with Crippen LogP contribution in [0.1, 0.15) is 39.6 Å². The van der Waals surface area contributed by atoms with Crippen LogP contribution in [-0.2, 0) is 10.0 Å². The maximum Gasteiger partial charge on any atom is 0.251 e. The zero-order valence-corrected chi connectivity index (χ0v) is 24.2. The van der Waals surface area contributed by atoms with Crippen LogP contribution in [0.25, 0.3) is 33.1 Å². The number of sulfonamides is 1. The molecule has 0 saturated carbocycles. The Bertz CT molecular complexity index is 1990. The number of aliphatic hydroxyl groups excluding tert-OH is 2. The molecule has 3 aromatic carbocycles. The van der Waals surface area contributed by atoms with Gasteiger partial charge in [-0.1, -0.05) is 19.1 Å². The van der Waals surface area contributed by atoms with E-state index in [0.717, 1.165) is 17.7 Å². The van der Waals surface area contributed by atoms with Gasteiger partial charge in [0.25, 0.3) is 5.91 Å². The average Bonchev–Trinajstić information content (AvgIpc) is 3.38. The lowest BCUT2D eigenvalue weighted by Crippen LogP contribution is -2.33. The SMILES string of the molecule is CCCS(=O)(=O)Nc1ccc(F)c(C(=O)c2ccc3[nH]c4ncc(-c5ccc(C(=O)NCC(O)CO)cc5)cc4c3c2)c1F. The summed E-state index contributed by atoms with van der Waals surface area (Å²) in [5, 5.41) is 22.1. The Morgan fingerprint density at radius 3 is 2.41 bits per heavy atom. The minimum atomic E-state index is -3.89. The Balaban J connectivity index is 1.46. The van der Waals surface area contributed by atoms with Gasteiger partial charge < -0.3 is 20.5 Å². The van der Waals surface area contributed by atoms with E-state index >= 15 is 4.39 Å². The Labute approximate surface area is 250 Å². The van der Waals surface area contributed by atoms with Crippen LogP contribution in [-0.4, -0.2) is 65.3 Å². The van der Waals surface area contributed by atoms with Crippen molar-refractivity contribution < 1.29 is 37.0 Å². The van der Waals surface area contributed by atoms with Gasteiger partial charge in [0, 0.05) is 45.7 Å². The predicted molar refractivity (Wildman–Crippen MR) is 162 cm³/mol. The summed E-state index contributed by atoms with van der Waals surface area (Å²) in [5.41, 5.74) is 1.51. The fraction of sp³-hybridized carbons (Fsp3) is 0.194. The molecule has 10 nitrogen and oxygen atoms in total. The Morgan fingerprint density at radius 2 is 1.70 bits per heavy atom. The fourth-order valence-corrected chi connectivity index (χ4v) is 5.87. The number of amides is 1. The molecule has 5 N–H and O–H groups in total. The first-order valence-electron chi connectivity index (χ1n) is 13.6. The number of anilines is 1. The third-order valence-corrected chi connectivity index (χ3v) is 8.44. The van der Waals surface area contributed by atoms with Crippen molar-refractivity contribution in [2.24, 2.45) is 0 Å². The lowest BCUT2D eigenvalue weighted by Gasteiger charge is -2.11. The molecule has 2 aromatic heterocycles. The highest BCUT2D eigenvalue weighted by Crippen LogP contribution is 2.31. The summed E-state index contributed by atoms with van der Waals surface area (Å²) in [7, 11) is -3.89. The van der Waals surface area contributed by atoms with E-state index in [1.54, 1.807) is 43.5 Å². The molecule has 0 saturated heterocycles. The number of H-pyrrole nitrogens is 1. The molecule has 0 bridgehead atoms. The summed E-state index contributed by atoms with van der Waals surface area (Å²) in [6, 6.07) is 14.7. The number of fused-ring (bicyclic) bond motifs is 3. The number of aliphatic hydroxyl groups is 2. The van der Waals surface area contributed by atoms with Crippen LogP contribution < -0.4 is 10.0 Å². The molecule has 0 aliphatic rings. The zero-order valence-electron chi connectivity index (χ0n) is 23.4. The van der Waals surface area contributed by atoms with E-state index < -0.39 is 57.3 Å². The summed E-state index contributed by atoms with van der Waals surface area (Å²) >= 11 is 0. The minimum absolute atomic E-state index is 0.0168. The monoisotopic (exact) mass is 622 g/mol. The highest BCUT2D eigenvalue weighted by Gasteiger charge is 2.24. The Hall–Kier alpha value is -4.72. The molecule has 44 heavy (non-hydrogen) atoms. The number of nitrogens with zero attached hydrogens (tertiary/aromatic N) is 1. The lowest BCUT2D eigenvalue weighted by molar-refractivity contribution is 0.0802. The van der Waals surface area contributed by atoms with Crippen molar-refractivity contribution >= 4 is 49.3 Å². The van der Waals surface area contributed by atoms with Gasteiger partial charge in [-0.3, -0.25) is 14.3 Å². The van der Waals surface area contributed by atoms with Gasteiger partial charge in [-0.25, -0.2) is 22.2 Å². The molecule has 1 unspecified atom stereocenters. The summed E-state index contributed by atoms with van der Waals surface area (Å²) in [6.07, 6.45) is 0.857. The van der Waals surface area contributed by atoms with E-state index in [1.165, 1.54) is 12.1 Å². The summed E-state index contributed by atoms with van der Waals surface area (Å²) < 4.78 is 56.5. The number of aromatic amines is 1. The second-order valence-corrected chi connectivity index (χ2v) is 12.0. The highest BCUT2D eigenvalue weighted by molar-refractivity contribution is 7.92. The number of aromatic nitrogens is 2. The number of carbonyl (C=O) groups is 2. The number of rotatable bonds is 11. The molecule has 0 spiro atoms. The van der Waals surface area contributed by atoms with E-state index in [1.807, 2.05) is 6.07 Å². The van der Waals surface area contributed by atoms with Crippen molar-refractivity contribution in [3.05, 3.63) is 95.2 Å². The van der Waals surface area contributed by atoms with Crippen LogP contribution in [0.4, 0.5) is 14.5 Å². The molecule has 1 amide bonds. The number of carbonyl (C=O) groups excluding carboxylic acids is 2. The standard InChI is InChI=1S/C31H28F2N4O6S/c1-2-11-44(42,43)37-26-10-8-24(32)27(28(26)33)29(40)19-7-9-25-22(12-19)23-13-20(14-34-30(23)36-25)17-3-5-18(6-4-17)31(41)35-15-21(39)16-38/h3-10,12-14,21,37-39H,2,11,15-16H2,1H3,(H,34,36)(H,35,41). The number of nitrogens with one attached hydrogen (secondary N) is 3. The van der Waals surface area contributed by atoms with Gasteiger partial charge in [0.1, 0.15) is 11.5 Å². The van der Waals surface area contributed by atoms with Crippen LogP contribution in [0, 0.1) is 11.6 Å². The van der Waals surface area contributed by atoms with Gasteiger partial charge in [0.05, 0.1) is 29.7 Å². The molecule has 13 heteroatoms. The highest BCUT2D eigenvalue weighted by atomic mass is 32.2. The van der Waals surface area contributed by atoms with Gasteiger partial charge in [-0.2, -0.15) is 0 Å². The number of benzene rings is 3. The van der Waals surface area contributed by atoms with Gasteiger partial charge in [-0.15, -0.1) is 0 Å². The second kappa shape index (κ2) is 12.5. The van der Waals surface area contributed by atoms with Crippen LogP contribution >= 0.6 is 0 Å². The normalized spacial score (nSPS) is 12.4. The van der Waals surface area contributed by atoms with Gasteiger partial charge in [-0.05, 0) is 60.5 Å². The van der Waals surface area contributed by atoms with Crippen molar-refractivity contribution in [2.45, 2.75) is 19.4 Å². The average molecular weight is 623 g/mol. The summed E-state index contributed by atoms with van der Waals surface area (Å²) in [4.78, 5) is 33.3.